The van der Waals surface area contributed by atoms with Gasteiger partial charge in [-0.3, -0.25) is 9.59 Å². The fraction of sp³-hybridized carbons (Fsp3) is 0.550. The van der Waals surface area contributed by atoms with Gasteiger partial charge in [0.2, 0.25) is 5.91 Å². The SMILES string of the molecule is CCOC(=O)Oc1ccc(C(=O)N2CCCN(C(=O)CC(C)C)CC2)cc1. The van der Waals surface area contributed by atoms with Crippen molar-refractivity contribution in [3.8, 4) is 5.75 Å². The Morgan fingerprint density at radius 1 is 1.00 bits per heavy atom. The van der Waals surface area contributed by atoms with Gasteiger partial charge in [0.25, 0.3) is 5.91 Å². The average molecular weight is 376 g/mol. The molecule has 2 rings (SSSR count). The Hall–Kier alpha value is -2.57. The maximum absolute atomic E-state index is 12.7. The van der Waals surface area contributed by atoms with E-state index in [2.05, 4.69) is 0 Å². The maximum atomic E-state index is 12.7. The zero-order valence-corrected chi connectivity index (χ0v) is 16.3. The van der Waals surface area contributed by atoms with Crippen LogP contribution in [0.5, 0.6) is 5.75 Å². The monoisotopic (exact) mass is 376 g/mol. The fourth-order valence-electron chi connectivity index (χ4n) is 2.94. The topological polar surface area (TPSA) is 76.2 Å². The van der Waals surface area contributed by atoms with E-state index in [1.807, 2.05) is 18.7 Å². The average Bonchev–Trinajstić information content (AvgIpc) is 2.87. The van der Waals surface area contributed by atoms with E-state index in [0.717, 1.165) is 6.42 Å². The van der Waals surface area contributed by atoms with E-state index in [0.29, 0.717) is 49.8 Å². The van der Waals surface area contributed by atoms with Gasteiger partial charge in [-0.25, -0.2) is 4.79 Å². The number of carbonyl (C=O) groups excluding carboxylic acids is 3. The summed E-state index contributed by atoms with van der Waals surface area (Å²) in [5.41, 5.74) is 0.521. The predicted octanol–water partition coefficient (Wildman–Crippen LogP) is 2.94. The van der Waals surface area contributed by atoms with Crippen molar-refractivity contribution in [2.24, 2.45) is 5.92 Å². The van der Waals surface area contributed by atoms with Gasteiger partial charge >= 0.3 is 6.16 Å². The van der Waals surface area contributed by atoms with Crippen molar-refractivity contribution in [1.82, 2.24) is 9.80 Å². The van der Waals surface area contributed by atoms with Crippen molar-refractivity contribution in [2.45, 2.75) is 33.6 Å². The van der Waals surface area contributed by atoms with Crippen LogP contribution in [0.2, 0.25) is 0 Å². The summed E-state index contributed by atoms with van der Waals surface area (Å²) in [6.07, 6.45) is 0.533. The second-order valence-corrected chi connectivity index (χ2v) is 6.93. The Balaban J connectivity index is 1.93. The molecular formula is C20H28N2O5. The minimum atomic E-state index is -0.768. The lowest BCUT2D eigenvalue weighted by Crippen LogP contribution is -2.37. The molecule has 1 aromatic rings. The van der Waals surface area contributed by atoms with E-state index >= 15 is 0 Å². The zero-order valence-electron chi connectivity index (χ0n) is 16.3. The number of nitrogens with zero attached hydrogens (tertiary/aromatic N) is 2. The molecule has 1 heterocycles. The highest BCUT2D eigenvalue weighted by Crippen LogP contribution is 2.16. The molecule has 1 aromatic carbocycles. The van der Waals surface area contributed by atoms with Gasteiger partial charge in [-0.15, -0.1) is 0 Å². The molecule has 0 aromatic heterocycles. The molecule has 0 aliphatic carbocycles. The van der Waals surface area contributed by atoms with Crippen LogP contribution in [0.1, 0.15) is 44.0 Å². The third-order valence-electron chi connectivity index (χ3n) is 4.28. The molecule has 0 spiro atoms. The lowest BCUT2D eigenvalue weighted by molar-refractivity contribution is -0.131. The van der Waals surface area contributed by atoms with Crippen molar-refractivity contribution in [3.05, 3.63) is 29.8 Å². The number of hydrogen-bond donors (Lipinski definition) is 0. The molecule has 0 saturated carbocycles. The number of rotatable bonds is 5. The molecule has 1 saturated heterocycles. The summed E-state index contributed by atoms with van der Waals surface area (Å²) in [5.74, 6) is 0.718. The van der Waals surface area contributed by atoms with Crippen molar-refractivity contribution in [3.63, 3.8) is 0 Å². The minimum Gasteiger partial charge on any atom is -0.434 e. The summed E-state index contributed by atoms with van der Waals surface area (Å²) in [7, 11) is 0. The summed E-state index contributed by atoms with van der Waals surface area (Å²) in [5, 5.41) is 0. The van der Waals surface area contributed by atoms with Gasteiger partial charge in [-0.2, -0.15) is 0 Å². The molecule has 148 valence electrons. The summed E-state index contributed by atoms with van der Waals surface area (Å²) in [4.78, 5) is 39.9. The van der Waals surface area contributed by atoms with Gasteiger partial charge in [0.15, 0.2) is 0 Å². The second-order valence-electron chi connectivity index (χ2n) is 6.93. The number of carbonyl (C=O) groups is 3. The van der Waals surface area contributed by atoms with Gasteiger partial charge in [0.1, 0.15) is 5.75 Å². The van der Waals surface area contributed by atoms with Crippen LogP contribution in [0, 0.1) is 5.92 Å². The van der Waals surface area contributed by atoms with Crippen molar-refractivity contribution in [1.29, 1.82) is 0 Å². The van der Waals surface area contributed by atoms with Crippen molar-refractivity contribution < 1.29 is 23.9 Å². The first-order valence-electron chi connectivity index (χ1n) is 9.42. The Bertz CT molecular complexity index is 657. The van der Waals surface area contributed by atoms with E-state index in [-0.39, 0.29) is 18.4 Å². The van der Waals surface area contributed by atoms with Crippen molar-refractivity contribution >= 4 is 18.0 Å². The van der Waals surface area contributed by atoms with Crippen LogP contribution in [-0.4, -0.2) is 60.6 Å². The third kappa shape index (κ3) is 6.27. The molecule has 2 amide bonds. The Labute approximate surface area is 160 Å². The molecule has 7 heteroatoms. The first kappa shape index (κ1) is 20.7. The molecular weight excluding hydrogens is 348 g/mol. The highest BCUT2D eigenvalue weighted by molar-refractivity contribution is 5.94. The van der Waals surface area contributed by atoms with E-state index in [1.165, 1.54) is 0 Å². The molecule has 27 heavy (non-hydrogen) atoms. The third-order valence-corrected chi connectivity index (χ3v) is 4.28. The first-order chi connectivity index (χ1) is 12.9. The second kappa shape index (κ2) is 9.94. The smallest absolute Gasteiger partial charge is 0.434 e. The van der Waals surface area contributed by atoms with Crippen LogP contribution in [-0.2, 0) is 9.53 Å². The Kier molecular flexibility index (Phi) is 7.64. The molecule has 0 unspecified atom stereocenters. The van der Waals surface area contributed by atoms with E-state index in [9.17, 15) is 14.4 Å². The highest BCUT2D eigenvalue weighted by Gasteiger charge is 2.23. The normalized spacial score (nSPS) is 14.7. The molecule has 0 atom stereocenters. The van der Waals surface area contributed by atoms with Crippen LogP contribution in [0.25, 0.3) is 0 Å². The predicted molar refractivity (Wildman–Crippen MR) is 101 cm³/mol. The van der Waals surface area contributed by atoms with Crippen LogP contribution < -0.4 is 4.74 Å². The Morgan fingerprint density at radius 3 is 2.26 bits per heavy atom. The minimum absolute atomic E-state index is 0.0872. The van der Waals surface area contributed by atoms with E-state index in [4.69, 9.17) is 9.47 Å². The molecule has 1 fully saturated rings. The largest absolute Gasteiger partial charge is 0.513 e. The lowest BCUT2D eigenvalue weighted by atomic mass is 10.1. The van der Waals surface area contributed by atoms with Gasteiger partial charge in [0, 0.05) is 38.2 Å². The van der Waals surface area contributed by atoms with Gasteiger partial charge in [0.05, 0.1) is 6.61 Å². The number of ether oxygens (including phenoxy) is 2. The van der Waals surface area contributed by atoms with Crippen LogP contribution in [0.3, 0.4) is 0 Å². The summed E-state index contributed by atoms with van der Waals surface area (Å²) < 4.78 is 9.71. The first-order valence-corrected chi connectivity index (χ1v) is 9.42. The van der Waals surface area contributed by atoms with Crippen LogP contribution in [0.15, 0.2) is 24.3 Å². The molecule has 0 bridgehead atoms. The van der Waals surface area contributed by atoms with Gasteiger partial charge in [-0.1, -0.05) is 13.8 Å². The molecule has 0 N–H and O–H groups in total. The van der Waals surface area contributed by atoms with Crippen LogP contribution >= 0.6 is 0 Å². The molecule has 1 aliphatic rings. The molecule has 0 radical (unpaired) electrons. The van der Waals surface area contributed by atoms with E-state index in [1.54, 1.807) is 36.1 Å². The number of amides is 2. The van der Waals surface area contributed by atoms with Crippen molar-refractivity contribution in [2.75, 3.05) is 32.8 Å². The number of hydrogen-bond acceptors (Lipinski definition) is 5. The summed E-state index contributed by atoms with van der Waals surface area (Å²) >= 11 is 0. The van der Waals surface area contributed by atoms with E-state index < -0.39 is 6.16 Å². The Morgan fingerprint density at radius 2 is 1.63 bits per heavy atom. The molecule has 1 aliphatic heterocycles. The number of benzene rings is 1. The fourth-order valence-corrected chi connectivity index (χ4v) is 2.94. The summed E-state index contributed by atoms with van der Waals surface area (Å²) in [6, 6.07) is 6.40. The lowest BCUT2D eigenvalue weighted by Gasteiger charge is -2.23. The summed E-state index contributed by atoms with van der Waals surface area (Å²) in [6.45, 7) is 8.36. The zero-order chi connectivity index (χ0) is 19.8. The maximum Gasteiger partial charge on any atom is 0.513 e. The van der Waals surface area contributed by atoms with Gasteiger partial charge < -0.3 is 19.3 Å². The van der Waals surface area contributed by atoms with Crippen LogP contribution in [0.4, 0.5) is 4.79 Å². The van der Waals surface area contributed by atoms with Gasteiger partial charge in [-0.05, 0) is 43.5 Å². The standard InChI is InChI=1S/C20H28N2O5/c1-4-26-20(25)27-17-8-6-16(7-9-17)19(24)22-11-5-10-21(12-13-22)18(23)14-15(2)3/h6-9,15H,4-5,10-14H2,1-3H3. The quantitative estimate of drug-likeness (QED) is 0.583. The highest BCUT2D eigenvalue weighted by atomic mass is 16.7. The molecule has 7 nitrogen and oxygen atoms in total.